The van der Waals surface area contributed by atoms with Gasteiger partial charge in [0.05, 0.1) is 19.8 Å². The molecule has 0 aromatic heterocycles. The summed E-state index contributed by atoms with van der Waals surface area (Å²) in [6.45, 7) is 2.66. The second kappa shape index (κ2) is 4.43. The van der Waals surface area contributed by atoms with Crippen molar-refractivity contribution >= 4 is 0 Å². The van der Waals surface area contributed by atoms with E-state index in [9.17, 15) is 0 Å². The van der Waals surface area contributed by atoms with Crippen LogP contribution in [0.25, 0.3) is 0 Å². The largest absolute Gasteiger partial charge is 0.496 e. The van der Waals surface area contributed by atoms with Gasteiger partial charge in [0.15, 0.2) is 11.5 Å². The first-order chi connectivity index (χ1) is 8.38. The van der Waals surface area contributed by atoms with Crippen LogP contribution in [0.5, 0.6) is 17.2 Å². The molecule has 0 bridgehead atoms. The van der Waals surface area contributed by atoms with Crippen molar-refractivity contribution in [3.63, 3.8) is 0 Å². The lowest BCUT2D eigenvalue weighted by atomic mass is 10.1. The molecule has 1 aromatic rings. The zero-order chi connectivity index (χ0) is 11.7. The Bertz CT molecular complexity index is 415. The fraction of sp³-hybridized carbons (Fsp3) is 0.500. The molecule has 1 unspecified atom stereocenters. The molecule has 3 rings (SSSR count). The van der Waals surface area contributed by atoms with Crippen LogP contribution in [0.3, 0.4) is 0 Å². The SMILES string of the molecule is COc1cc2c(cc1C1CNCCO1)OCO2. The van der Waals surface area contributed by atoms with E-state index in [4.69, 9.17) is 18.9 Å². The average molecular weight is 237 g/mol. The Kier molecular flexibility index (Phi) is 2.78. The molecule has 1 saturated heterocycles. The topological polar surface area (TPSA) is 49.0 Å². The van der Waals surface area contributed by atoms with Gasteiger partial charge < -0.3 is 24.3 Å². The van der Waals surface area contributed by atoms with Gasteiger partial charge in [-0.2, -0.15) is 0 Å². The monoisotopic (exact) mass is 237 g/mol. The minimum Gasteiger partial charge on any atom is -0.496 e. The lowest BCUT2D eigenvalue weighted by molar-refractivity contribution is 0.0261. The minimum atomic E-state index is 0.00759. The highest BCUT2D eigenvalue weighted by molar-refractivity contribution is 5.52. The third kappa shape index (κ3) is 1.92. The number of fused-ring (bicyclic) bond motifs is 1. The van der Waals surface area contributed by atoms with E-state index in [1.165, 1.54) is 0 Å². The van der Waals surface area contributed by atoms with Gasteiger partial charge in [-0.05, 0) is 6.07 Å². The van der Waals surface area contributed by atoms with Crippen LogP contribution in [-0.2, 0) is 4.74 Å². The first kappa shape index (κ1) is 10.7. The Morgan fingerprint density at radius 3 is 2.82 bits per heavy atom. The van der Waals surface area contributed by atoms with Gasteiger partial charge in [-0.15, -0.1) is 0 Å². The summed E-state index contributed by atoms with van der Waals surface area (Å²) in [5.41, 5.74) is 1.00. The molecular formula is C12H15NO4. The van der Waals surface area contributed by atoms with Crippen molar-refractivity contribution in [2.45, 2.75) is 6.10 Å². The summed E-state index contributed by atoms with van der Waals surface area (Å²) < 4.78 is 21.8. The Hall–Kier alpha value is -1.46. The zero-order valence-electron chi connectivity index (χ0n) is 9.69. The van der Waals surface area contributed by atoms with E-state index in [0.29, 0.717) is 6.61 Å². The summed E-state index contributed by atoms with van der Waals surface area (Å²) in [4.78, 5) is 0. The maximum Gasteiger partial charge on any atom is 0.231 e. The van der Waals surface area contributed by atoms with Crippen molar-refractivity contribution in [1.29, 1.82) is 0 Å². The van der Waals surface area contributed by atoms with Crippen LogP contribution in [-0.4, -0.2) is 33.6 Å². The average Bonchev–Trinajstić information content (AvgIpc) is 2.85. The molecule has 2 heterocycles. The predicted molar refractivity (Wildman–Crippen MR) is 60.7 cm³/mol. The molecule has 92 valence electrons. The van der Waals surface area contributed by atoms with Crippen molar-refractivity contribution in [3.8, 4) is 17.2 Å². The Labute approximate surface area is 99.6 Å². The lowest BCUT2D eigenvalue weighted by Crippen LogP contribution is -2.33. The number of morpholine rings is 1. The predicted octanol–water partition coefficient (Wildman–Crippen LogP) is 1.08. The number of hydrogen-bond acceptors (Lipinski definition) is 5. The number of nitrogens with one attached hydrogen (secondary N) is 1. The lowest BCUT2D eigenvalue weighted by Gasteiger charge is -2.25. The highest BCUT2D eigenvalue weighted by Gasteiger charge is 2.24. The third-order valence-corrected chi connectivity index (χ3v) is 3.00. The molecule has 0 aliphatic carbocycles. The normalized spacial score (nSPS) is 22.5. The molecule has 2 aliphatic rings. The van der Waals surface area contributed by atoms with Crippen LogP contribution in [0.4, 0.5) is 0 Å². The van der Waals surface area contributed by atoms with Gasteiger partial charge in [0.1, 0.15) is 5.75 Å². The first-order valence-corrected chi connectivity index (χ1v) is 5.68. The smallest absolute Gasteiger partial charge is 0.231 e. The van der Waals surface area contributed by atoms with Crippen molar-refractivity contribution in [2.75, 3.05) is 33.6 Å². The summed E-state index contributed by atoms with van der Waals surface area (Å²) in [6.07, 6.45) is 0.00759. The van der Waals surface area contributed by atoms with Crippen LogP contribution in [0, 0.1) is 0 Å². The van der Waals surface area contributed by atoms with Gasteiger partial charge in [0, 0.05) is 24.7 Å². The molecule has 1 aromatic carbocycles. The Balaban J connectivity index is 1.96. The van der Waals surface area contributed by atoms with Crippen LogP contribution in [0.2, 0.25) is 0 Å². The first-order valence-electron chi connectivity index (χ1n) is 5.68. The molecule has 0 spiro atoms. The number of benzene rings is 1. The van der Waals surface area contributed by atoms with Crippen LogP contribution < -0.4 is 19.5 Å². The summed E-state index contributed by atoms with van der Waals surface area (Å²) in [7, 11) is 1.65. The highest BCUT2D eigenvalue weighted by atomic mass is 16.7. The highest BCUT2D eigenvalue weighted by Crippen LogP contribution is 2.41. The maximum atomic E-state index is 5.73. The number of methoxy groups -OCH3 is 1. The van der Waals surface area contributed by atoms with Gasteiger partial charge in [0.2, 0.25) is 6.79 Å². The molecule has 0 radical (unpaired) electrons. The van der Waals surface area contributed by atoms with Crippen molar-refractivity contribution in [1.82, 2.24) is 5.32 Å². The maximum absolute atomic E-state index is 5.73. The van der Waals surface area contributed by atoms with Crippen molar-refractivity contribution in [3.05, 3.63) is 17.7 Å². The number of rotatable bonds is 2. The van der Waals surface area contributed by atoms with Crippen molar-refractivity contribution < 1.29 is 18.9 Å². The molecule has 1 atom stereocenters. The van der Waals surface area contributed by atoms with E-state index < -0.39 is 0 Å². The molecule has 1 N–H and O–H groups in total. The van der Waals surface area contributed by atoms with Gasteiger partial charge in [-0.3, -0.25) is 0 Å². The third-order valence-electron chi connectivity index (χ3n) is 3.00. The van der Waals surface area contributed by atoms with E-state index in [1.54, 1.807) is 7.11 Å². The van der Waals surface area contributed by atoms with Gasteiger partial charge in [-0.1, -0.05) is 0 Å². The van der Waals surface area contributed by atoms with Gasteiger partial charge >= 0.3 is 0 Å². The van der Waals surface area contributed by atoms with Crippen LogP contribution in [0.15, 0.2) is 12.1 Å². The van der Waals surface area contributed by atoms with E-state index in [-0.39, 0.29) is 12.9 Å². The summed E-state index contributed by atoms with van der Waals surface area (Å²) in [5, 5.41) is 3.30. The van der Waals surface area contributed by atoms with Gasteiger partial charge in [0.25, 0.3) is 0 Å². The molecule has 1 fully saturated rings. The second-order valence-electron chi connectivity index (χ2n) is 4.01. The van der Waals surface area contributed by atoms with E-state index in [1.807, 2.05) is 12.1 Å². The standard InChI is InChI=1S/C12H15NO4/c1-14-9-5-11-10(16-7-17-11)4-8(9)12-6-13-2-3-15-12/h4-5,12-13H,2-3,6-7H2,1H3. The van der Waals surface area contributed by atoms with Crippen molar-refractivity contribution in [2.24, 2.45) is 0 Å². The molecule has 5 nitrogen and oxygen atoms in total. The molecule has 17 heavy (non-hydrogen) atoms. The fourth-order valence-electron chi connectivity index (χ4n) is 2.13. The quantitative estimate of drug-likeness (QED) is 0.834. The molecule has 5 heteroatoms. The molecule has 2 aliphatic heterocycles. The summed E-state index contributed by atoms with van der Waals surface area (Å²) in [5.74, 6) is 2.27. The summed E-state index contributed by atoms with van der Waals surface area (Å²) in [6, 6.07) is 3.80. The fourth-order valence-corrected chi connectivity index (χ4v) is 2.13. The summed E-state index contributed by atoms with van der Waals surface area (Å²) >= 11 is 0. The molecule has 0 saturated carbocycles. The van der Waals surface area contributed by atoms with E-state index in [2.05, 4.69) is 5.32 Å². The zero-order valence-corrected chi connectivity index (χ0v) is 9.69. The van der Waals surface area contributed by atoms with E-state index >= 15 is 0 Å². The molecular weight excluding hydrogens is 222 g/mol. The molecule has 0 amide bonds. The number of ether oxygens (including phenoxy) is 4. The minimum absolute atomic E-state index is 0.00759. The van der Waals surface area contributed by atoms with E-state index in [0.717, 1.165) is 35.9 Å². The van der Waals surface area contributed by atoms with Gasteiger partial charge in [-0.25, -0.2) is 0 Å². The van der Waals surface area contributed by atoms with Crippen LogP contribution in [0.1, 0.15) is 11.7 Å². The Morgan fingerprint density at radius 2 is 2.12 bits per heavy atom. The second-order valence-corrected chi connectivity index (χ2v) is 4.01. The number of hydrogen-bond donors (Lipinski definition) is 1. The van der Waals surface area contributed by atoms with Crippen LogP contribution >= 0.6 is 0 Å². The Morgan fingerprint density at radius 1 is 1.29 bits per heavy atom.